The van der Waals surface area contributed by atoms with Gasteiger partial charge in [0.25, 0.3) is 11.8 Å². The van der Waals surface area contributed by atoms with Crippen molar-refractivity contribution >= 4 is 17.5 Å². The number of nitrogens with zero attached hydrogens (tertiary/aromatic N) is 1. The number of hydrazine groups is 1. The first kappa shape index (κ1) is 29.3. The molecule has 1 aromatic heterocycles. The average Bonchev–Trinajstić information content (AvgIpc) is 3.49. The molecule has 0 fully saturated rings. The van der Waals surface area contributed by atoms with E-state index in [0.29, 0.717) is 30.8 Å². The van der Waals surface area contributed by atoms with E-state index in [1.165, 1.54) is 29.3 Å². The molecule has 41 heavy (non-hydrogen) atoms. The van der Waals surface area contributed by atoms with Crippen molar-refractivity contribution in [2.75, 3.05) is 19.1 Å². The number of ether oxygens (including phenoxy) is 1. The molecule has 0 radical (unpaired) electrons. The van der Waals surface area contributed by atoms with E-state index < -0.39 is 23.7 Å². The monoisotopic (exact) mass is 565 g/mol. The third kappa shape index (κ3) is 7.69. The van der Waals surface area contributed by atoms with Crippen molar-refractivity contribution in [2.45, 2.75) is 32.0 Å². The molecule has 0 aliphatic carbocycles. The number of hydrogen-bond donors (Lipinski definition) is 2. The highest BCUT2D eigenvalue weighted by Crippen LogP contribution is 2.32. The summed E-state index contributed by atoms with van der Waals surface area (Å²) in [5.41, 5.74) is 4.08. The molecule has 3 aromatic carbocycles. The number of halogens is 3. The molecule has 2 N–H and O–H groups in total. The first-order chi connectivity index (χ1) is 19.7. The van der Waals surface area contributed by atoms with E-state index in [2.05, 4.69) is 10.7 Å². The second kappa shape index (κ2) is 13.1. The fourth-order valence-corrected chi connectivity index (χ4v) is 4.21. The van der Waals surface area contributed by atoms with E-state index in [1.807, 2.05) is 30.3 Å². The lowest BCUT2D eigenvalue weighted by Gasteiger charge is -2.28. The number of amides is 2. The summed E-state index contributed by atoms with van der Waals surface area (Å²) in [5, 5.41) is 4.17. The molecule has 2 amide bonds. The molecule has 0 saturated heterocycles. The molecule has 7 nitrogen and oxygen atoms in total. The minimum absolute atomic E-state index is 0.102. The number of carbonyl (C=O) groups is 2. The lowest BCUT2D eigenvalue weighted by atomic mass is 10.0. The Hall–Kier alpha value is -4.73. The van der Waals surface area contributed by atoms with Crippen LogP contribution in [0.3, 0.4) is 0 Å². The van der Waals surface area contributed by atoms with Crippen LogP contribution in [0.2, 0.25) is 0 Å². The Labute approximate surface area is 235 Å². The summed E-state index contributed by atoms with van der Waals surface area (Å²) in [6.07, 6.45) is -3.69. The van der Waals surface area contributed by atoms with Crippen LogP contribution in [-0.4, -0.2) is 36.5 Å². The van der Waals surface area contributed by atoms with Crippen molar-refractivity contribution in [3.05, 3.63) is 108 Å². The molecule has 0 aliphatic heterocycles. The predicted molar refractivity (Wildman–Crippen MR) is 149 cm³/mol. The molecule has 0 spiro atoms. The van der Waals surface area contributed by atoms with Crippen molar-refractivity contribution in [2.24, 2.45) is 0 Å². The van der Waals surface area contributed by atoms with Gasteiger partial charge in [-0.1, -0.05) is 42.5 Å². The molecule has 1 atom stereocenters. The van der Waals surface area contributed by atoms with E-state index >= 15 is 0 Å². The van der Waals surface area contributed by atoms with Gasteiger partial charge in [0.15, 0.2) is 5.76 Å². The predicted octanol–water partition coefficient (Wildman–Crippen LogP) is 6.58. The van der Waals surface area contributed by atoms with Gasteiger partial charge in [0.2, 0.25) is 0 Å². The van der Waals surface area contributed by atoms with Gasteiger partial charge in [-0.15, -0.1) is 0 Å². The van der Waals surface area contributed by atoms with Gasteiger partial charge in [-0.05, 0) is 73.9 Å². The van der Waals surface area contributed by atoms with Crippen molar-refractivity contribution in [3.8, 4) is 17.1 Å². The molecule has 4 rings (SSSR count). The molecule has 0 bridgehead atoms. The van der Waals surface area contributed by atoms with Gasteiger partial charge in [-0.2, -0.15) is 13.2 Å². The number of nitrogens with one attached hydrogen (secondary N) is 2. The number of anilines is 1. The van der Waals surface area contributed by atoms with Crippen LogP contribution in [-0.2, 0) is 17.4 Å². The zero-order valence-electron chi connectivity index (χ0n) is 22.6. The van der Waals surface area contributed by atoms with Gasteiger partial charge in [0.05, 0.1) is 18.4 Å². The van der Waals surface area contributed by atoms with Gasteiger partial charge in [-0.25, -0.2) is 0 Å². The number of hydrogen-bond acceptors (Lipinski definition) is 5. The van der Waals surface area contributed by atoms with E-state index in [0.717, 1.165) is 17.7 Å². The quantitative estimate of drug-likeness (QED) is 0.201. The van der Waals surface area contributed by atoms with Crippen LogP contribution in [0.5, 0.6) is 5.75 Å². The second-order valence-electron chi connectivity index (χ2n) is 9.22. The molecule has 1 unspecified atom stereocenters. The van der Waals surface area contributed by atoms with Crippen molar-refractivity contribution in [1.29, 1.82) is 0 Å². The van der Waals surface area contributed by atoms with Gasteiger partial charge in [-0.3, -0.25) is 20.0 Å². The van der Waals surface area contributed by atoms with Crippen LogP contribution in [0, 0.1) is 0 Å². The molecule has 10 heteroatoms. The van der Waals surface area contributed by atoms with E-state index in [1.54, 1.807) is 38.3 Å². The van der Waals surface area contributed by atoms with Gasteiger partial charge in [0, 0.05) is 12.1 Å². The summed E-state index contributed by atoms with van der Waals surface area (Å²) in [4.78, 5) is 26.8. The summed E-state index contributed by atoms with van der Waals surface area (Å²) in [6.45, 7) is 2.11. The Morgan fingerprint density at radius 1 is 0.951 bits per heavy atom. The lowest BCUT2D eigenvalue weighted by Crippen LogP contribution is -2.50. The molecule has 4 aromatic rings. The van der Waals surface area contributed by atoms with Crippen molar-refractivity contribution < 1.29 is 31.9 Å². The van der Waals surface area contributed by atoms with Gasteiger partial charge >= 0.3 is 6.18 Å². The Morgan fingerprint density at radius 3 is 2.34 bits per heavy atom. The molecule has 1 heterocycles. The second-order valence-corrected chi connectivity index (χ2v) is 9.22. The molecular formula is C31H30F3N3O4. The van der Waals surface area contributed by atoms with E-state index in [-0.39, 0.29) is 23.0 Å². The van der Waals surface area contributed by atoms with Crippen molar-refractivity contribution in [3.63, 3.8) is 0 Å². The van der Waals surface area contributed by atoms with Crippen LogP contribution in [0.15, 0.2) is 95.4 Å². The summed E-state index contributed by atoms with van der Waals surface area (Å²) in [6, 6.07) is 23.1. The van der Waals surface area contributed by atoms with Gasteiger partial charge in [0.1, 0.15) is 17.6 Å². The third-order valence-corrected chi connectivity index (χ3v) is 6.41. The number of benzene rings is 3. The maximum absolute atomic E-state index is 13.6. The minimum atomic E-state index is -4.51. The molecule has 0 saturated carbocycles. The highest BCUT2D eigenvalue weighted by Gasteiger charge is 2.31. The number of methoxy groups -OCH3 is 1. The fraction of sp³-hybridized carbons (Fsp3) is 0.226. The first-order valence-electron chi connectivity index (χ1n) is 13.0. The molecular weight excluding hydrogens is 535 g/mol. The summed E-state index contributed by atoms with van der Waals surface area (Å²) in [5.74, 6) is -0.376. The lowest BCUT2D eigenvalue weighted by molar-refractivity contribution is -0.137. The smallest absolute Gasteiger partial charge is 0.416 e. The highest BCUT2D eigenvalue weighted by molar-refractivity contribution is 5.96. The normalized spacial score (nSPS) is 11.9. The maximum atomic E-state index is 13.6. The standard InChI is InChI=1S/C31H30F3N3O4/c1-3-37(36-24-13-15-25(40-2)16-14-24)30(39)26(17-12-21-8-5-4-6-9-21)35-29(38)28-19-18-27(41-28)22-10-7-11-23(20-22)31(32,33)34/h4-11,13-16,18-20,26,36H,3,12,17H2,1-2H3,(H,35,38). The topological polar surface area (TPSA) is 83.8 Å². The zero-order valence-corrected chi connectivity index (χ0v) is 22.6. The number of alkyl halides is 3. The summed E-state index contributed by atoms with van der Waals surface area (Å²) in [7, 11) is 1.56. The highest BCUT2D eigenvalue weighted by atomic mass is 19.4. The Balaban J connectivity index is 1.52. The first-order valence-corrected chi connectivity index (χ1v) is 13.0. The van der Waals surface area contributed by atoms with Crippen LogP contribution in [0.1, 0.15) is 35.0 Å². The number of furan rings is 1. The van der Waals surface area contributed by atoms with Crippen LogP contribution in [0.25, 0.3) is 11.3 Å². The largest absolute Gasteiger partial charge is 0.497 e. The van der Waals surface area contributed by atoms with Gasteiger partial charge < -0.3 is 14.5 Å². The number of carbonyl (C=O) groups excluding carboxylic acids is 2. The van der Waals surface area contributed by atoms with E-state index in [4.69, 9.17) is 9.15 Å². The molecule has 0 aliphatic rings. The maximum Gasteiger partial charge on any atom is 0.416 e. The summed E-state index contributed by atoms with van der Waals surface area (Å²) >= 11 is 0. The number of likely N-dealkylation sites (N-methyl/N-ethyl adjacent to an activating group) is 1. The third-order valence-electron chi connectivity index (χ3n) is 6.41. The number of rotatable bonds is 11. The Morgan fingerprint density at radius 2 is 1.68 bits per heavy atom. The fourth-order valence-electron chi connectivity index (χ4n) is 4.21. The SMILES string of the molecule is CCN(Nc1ccc(OC)cc1)C(=O)C(CCc1ccccc1)NC(=O)c1ccc(-c2cccc(C(F)(F)F)c2)o1. The minimum Gasteiger partial charge on any atom is -0.497 e. The van der Waals surface area contributed by atoms with E-state index in [9.17, 15) is 22.8 Å². The van der Waals surface area contributed by atoms with Crippen LogP contribution in [0.4, 0.5) is 18.9 Å². The molecule has 214 valence electrons. The Kier molecular flexibility index (Phi) is 9.34. The van der Waals surface area contributed by atoms with Crippen LogP contribution < -0.4 is 15.5 Å². The van der Waals surface area contributed by atoms with Crippen molar-refractivity contribution in [1.82, 2.24) is 10.3 Å². The van der Waals surface area contributed by atoms with Crippen LogP contribution >= 0.6 is 0 Å². The summed E-state index contributed by atoms with van der Waals surface area (Å²) < 4.78 is 50.3. The zero-order chi connectivity index (χ0) is 29.4. The average molecular weight is 566 g/mol. The number of aryl methyl sites for hydroxylation is 1. The Bertz CT molecular complexity index is 1450.